The van der Waals surface area contributed by atoms with Crippen LogP contribution in [0.3, 0.4) is 0 Å². The summed E-state index contributed by atoms with van der Waals surface area (Å²) in [7, 11) is 0. The molecule has 0 amide bonds. The largest absolute Gasteiger partial charge is 0.507 e. The van der Waals surface area contributed by atoms with Crippen molar-refractivity contribution in [3.8, 4) is 33.9 Å². The number of halogens is 2. The van der Waals surface area contributed by atoms with Crippen LogP contribution in [-0.2, 0) is 6.61 Å². The third kappa shape index (κ3) is 3.85. The van der Waals surface area contributed by atoms with Gasteiger partial charge < -0.3 is 9.84 Å². The Morgan fingerprint density at radius 2 is 1.71 bits per heavy atom. The van der Waals surface area contributed by atoms with Gasteiger partial charge in [-0.15, -0.1) is 0 Å². The molecule has 0 spiro atoms. The SMILES string of the molecule is Oc1cc(OCc2ccc(F)cc2)ccc1-c1[nH]ncc1-c1ccc(Cl)cc1. The number of nitrogens with one attached hydrogen (secondary N) is 1. The lowest BCUT2D eigenvalue weighted by atomic mass is 10.0. The molecule has 0 fully saturated rings. The molecule has 1 heterocycles. The Kier molecular flexibility index (Phi) is 5.00. The average Bonchev–Trinajstić information content (AvgIpc) is 3.18. The summed E-state index contributed by atoms with van der Waals surface area (Å²) in [5.74, 6) is 0.288. The first-order chi connectivity index (χ1) is 13.6. The highest BCUT2D eigenvalue weighted by molar-refractivity contribution is 6.30. The van der Waals surface area contributed by atoms with Gasteiger partial charge in [0.05, 0.1) is 11.9 Å². The second-order valence-corrected chi connectivity index (χ2v) is 6.70. The molecule has 6 heteroatoms. The van der Waals surface area contributed by atoms with Gasteiger partial charge in [0.15, 0.2) is 0 Å². The lowest BCUT2D eigenvalue weighted by Crippen LogP contribution is -1.95. The van der Waals surface area contributed by atoms with Crippen molar-refractivity contribution < 1.29 is 14.2 Å². The van der Waals surface area contributed by atoms with Crippen LogP contribution in [0.1, 0.15) is 5.56 Å². The van der Waals surface area contributed by atoms with Crippen LogP contribution >= 0.6 is 11.6 Å². The zero-order valence-electron chi connectivity index (χ0n) is 14.7. The molecule has 3 aromatic carbocycles. The first kappa shape index (κ1) is 18.1. The lowest BCUT2D eigenvalue weighted by Gasteiger charge is -2.10. The van der Waals surface area contributed by atoms with E-state index < -0.39 is 0 Å². The van der Waals surface area contributed by atoms with Gasteiger partial charge >= 0.3 is 0 Å². The van der Waals surface area contributed by atoms with Gasteiger partial charge in [0.2, 0.25) is 0 Å². The molecule has 28 heavy (non-hydrogen) atoms. The highest BCUT2D eigenvalue weighted by Crippen LogP contribution is 2.37. The number of phenols is 1. The highest BCUT2D eigenvalue weighted by atomic mass is 35.5. The third-order valence-corrected chi connectivity index (χ3v) is 4.60. The molecule has 0 saturated heterocycles. The van der Waals surface area contributed by atoms with Crippen molar-refractivity contribution in [2.75, 3.05) is 0 Å². The molecule has 4 rings (SSSR count). The number of aromatic hydroxyl groups is 1. The van der Waals surface area contributed by atoms with Crippen LogP contribution in [0.15, 0.2) is 72.9 Å². The second kappa shape index (κ2) is 7.74. The molecule has 140 valence electrons. The number of phenolic OH excluding ortho intramolecular Hbond substituents is 1. The van der Waals surface area contributed by atoms with Crippen LogP contribution in [0.25, 0.3) is 22.4 Å². The standard InChI is InChI=1S/C22H16ClFN2O2/c23-16-5-3-15(4-6-16)20-12-25-26-22(20)19-10-9-18(11-21(19)27)28-13-14-1-7-17(24)8-2-14/h1-12,27H,13H2,(H,25,26). The summed E-state index contributed by atoms with van der Waals surface area (Å²) in [6.07, 6.45) is 1.71. The van der Waals surface area contributed by atoms with Crippen molar-refractivity contribution in [3.05, 3.63) is 89.3 Å². The van der Waals surface area contributed by atoms with Crippen LogP contribution in [0.2, 0.25) is 5.02 Å². The minimum Gasteiger partial charge on any atom is -0.507 e. The first-order valence-electron chi connectivity index (χ1n) is 8.60. The number of aromatic amines is 1. The topological polar surface area (TPSA) is 58.1 Å². The van der Waals surface area contributed by atoms with E-state index in [-0.39, 0.29) is 18.2 Å². The molecule has 0 bridgehead atoms. The molecule has 0 aliphatic heterocycles. The van der Waals surface area contributed by atoms with Crippen LogP contribution in [0.4, 0.5) is 4.39 Å². The van der Waals surface area contributed by atoms with E-state index in [9.17, 15) is 9.50 Å². The van der Waals surface area contributed by atoms with Gasteiger partial charge in [-0.2, -0.15) is 5.10 Å². The molecule has 0 aliphatic rings. The van der Waals surface area contributed by atoms with Crippen molar-refractivity contribution >= 4 is 11.6 Å². The quantitative estimate of drug-likeness (QED) is 0.448. The summed E-state index contributed by atoms with van der Waals surface area (Å²) >= 11 is 5.96. The van der Waals surface area contributed by atoms with Crippen LogP contribution in [0.5, 0.6) is 11.5 Å². The predicted molar refractivity (Wildman–Crippen MR) is 107 cm³/mol. The maximum absolute atomic E-state index is 13.0. The predicted octanol–water partition coefficient (Wildman–Crippen LogP) is 5.82. The molecule has 0 radical (unpaired) electrons. The number of benzene rings is 3. The van der Waals surface area contributed by atoms with Crippen LogP contribution in [0, 0.1) is 5.82 Å². The van der Waals surface area contributed by atoms with Gasteiger partial charge in [-0.05, 0) is 47.5 Å². The van der Waals surface area contributed by atoms with Crippen molar-refractivity contribution in [2.45, 2.75) is 6.61 Å². The van der Waals surface area contributed by atoms with E-state index in [2.05, 4.69) is 10.2 Å². The van der Waals surface area contributed by atoms with E-state index in [1.165, 1.54) is 12.1 Å². The molecule has 0 atom stereocenters. The average molecular weight is 395 g/mol. The third-order valence-electron chi connectivity index (χ3n) is 4.35. The van der Waals surface area contributed by atoms with E-state index in [1.807, 2.05) is 12.1 Å². The van der Waals surface area contributed by atoms with Crippen LogP contribution < -0.4 is 4.74 Å². The van der Waals surface area contributed by atoms with E-state index in [0.29, 0.717) is 22.0 Å². The number of ether oxygens (including phenoxy) is 1. The number of rotatable bonds is 5. The van der Waals surface area contributed by atoms with E-state index in [4.69, 9.17) is 16.3 Å². The Hall–Kier alpha value is -3.31. The normalized spacial score (nSPS) is 10.8. The molecule has 0 aliphatic carbocycles. The van der Waals surface area contributed by atoms with E-state index in [0.717, 1.165) is 16.7 Å². The minimum atomic E-state index is -0.290. The van der Waals surface area contributed by atoms with Crippen molar-refractivity contribution in [1.82, 2.24) is 10.2 Å². The highest BCUT2D eigenvalue weighted by Gasteiger charge is 2.14. The zero-order valence-corrected chi connectivity index (χ0v) is 15.4. The summed E-state index contributed by atoms with van der Waals surface area (Å²) in [5, 5.41) is 18.2. The van der Waals surface area contributed by atoms with Gasteiger partial charge in [-0.3, -0.25) is 5.10 Å². The Bertz CT molecular complexity index is 1090. The van der Waals surface area contributed by atoms with E-state index >= 15 is 0 Å². The molecule has 1 aromatic heterocycles. The number of nitrogens with zero attached hydrogens (tertiary/aromatic N) is 1. The maximum Gasteiger partial charge on any atom is 0.128 e. The number of hydrogen-bond acceptors (Lipinski definition) is 3. The van der Waals surface area contributed by atoms with Crippen molar-refractivity contribution in [3.63, 3.8) is 0 Å². The lowest BCUT2D eigenvalue weighted by molar-refractivity contribution is 0.304. The smallest absolute Gasteiger partial charge is 0.128 e. The van der Waals surface area contributed by atoms with Gasteiger partial charge in [0.1, 0.15) is 23.9 Å². The molecular formula is C22H16ClFN2O2. The van der Waals surface area contributed by atoms with Gasteiger partial charge in [-0.25, -0.2) is 4.39 Å². The number of H-pyrrole nitrogens is 1. The fourth-order valence-corrected chi connectivity index (χ4v) is 3.03. The van der Waals surface area contributed by atoms with Gasteiger partial charge in [0.25, 0.3) is 0 Å². The summed E-state index contributed by atoms with van der Waals surface area (Å²) in [6.45, 7) is 0.277. The Balaban J connectivity index is 1.56. The molecular weight excluding hydrogens is 379 g/mol. The van der Waals surface area contributed by atoms with E-state index in [1.54, 1.807) is 48.7 Å². The molecule has 0 unspecified atom stereocenters. The Morgan fingerprint density at radius 3 is 2.43 bits per heavy atom. The molecule has 0 saturated carbocycles. The minimum absolute atomic E-state index is 0.0658. The molecule has 4 nitrogen and oxygen atoms in total. The first-order valence-corrected chi connectivity index (χ1v) is 8.98. The van der Waals surface area contributed by atoms with Gasteiger partial charge in [-0.1, -0.05) is 35.9 Å². The van der Waals surface area contributed by atoms with Crippen LogP contribution in [-0.4, -0.2) is 15.3 Å². The monoisotopic (exact) mass is 394 g/mol. The van der Waals surface area contributed by atoms with Gasteiger partial charge in [0, 0.05) is 22.2 Å². The Morgan fingerprint density at radius 1 is 0.964 bits per heavy atom. The maximum atomic E-state index is 13.0. The van der Waals surface area contributed by atoms with Crippen molar-refractivity contribution in [2.24, 2.45) is 0 Å². The molecule has 4 aromatic rings. The summed E-state index contributed by atoms with van der Waals surface area (Å²) in [4.78, 5) is 0. The summed E-state index contributed by atoms with van der Waals surface area (Å²) in [5.41, 5.74) is 3.93. The fourth-order valence-electron chi connectivity index (χ4n) is 2.90. The number of hydrogen-bond donors (Lipinski definition) is 2. The zero-order chi connectivity index (χ0) is 19.5. The summed E-state index contributed by atoms with van der Waals surface area (Å²) < 4.78 is 18.7. The summed E-state index contributed by atoms with van der Waals surface area (Å²) in [6, 6.07) is 18.6. The van der Waals surface area contributed by atoms with Crippen molar-refractivity contribution in [1.29, 1.82) is 0 Å². The fraction of sp³-hybridized carbons (Fsp3) is 0.0455. The number of aromatic nitrogens is 2. The Labute approximate surface area is 166 Å². The molecule has 2 N–H and O–H groups in total. The second-order valence-electron chi connectivity index (χ2n) is 6.26.